The van der Waals surface area contributed by atoms with E-state index in [0.717, 1.165) is 32.1 Å². The van der Waals surface area contributed by atoms with Crippen molar-refractivity contribution in [1.29, 1.82) is 0 Å². The number of rotatable bonds is 4. The van der Waals surface area contributed by atoms with Crippen LogP contribution in [0.5, 0.6) is 5.75 Å². The van der Waals surface area contributed by atoms with Gasteiger partial charge >= 0.3 is 0 Å². The molecule has 40 heavy (non-hydrogen) atoms. The number of hydrogen-bond donors (Lipinski definition) is 6. The van der Waals surface area contributed by atoms with Crippen LogP contribution < -0.4 is 5.32 Å². The van der Waals surface area contributed by atoms with E-state index in [2.05, 4.69) is 5.32 Å². The first-order chi connectivity index (χ1) is 18.8. The lowest BCUT2D eigenvalue weighted by Crippen LogP contribution is -2.75. The van der Waals surface area contributed by atoms with Crippen LogP contribution in [0, 0.1) is 17.8 Å². The Morgan fingerprint density at radius 1 is 1.07 bits per heavy atom. The standard InChI is InChI=1S/C30H40N2O8/c1-5-29(12-7-6-8-13-29)31-28(39)20-25(36)22(32(3)4)21-24(35)17-14(2)15-10-9-11-16(33)18(15)23(34)19(17)26(37)30(21,40)27(20)38/h9-11,14,17,20-22,24-25,33,35-37,40H,5-8,12-13H2,1-4H3,(H,31,39)/t14-,17+,20?,21+,22-,24-,25?,30-/m0/s1. The maximum absolute atomic E-state index is 14.1. The quantitative estimate of drug-likeness (QED) is 0.302. The van der Waals surface area contributed by atoms with Crippen LogP contribution in [0.15, 0.2) is 29.5 Å². The Kier molecular flexibility index (Phi) is 7.14. The molecule has 0 heterocycles. The number of nitrogens with one attached hydrogen (secondary N) is 1. The first kappa shape index (κ1) is 28.7. The lowest BCUT2D eigenvalue weighted by atomic mass is 9.53. The normalized spacial score (nSPS) is 37.0. The van der Waals surface area contributed by atoms with Crippen LogP contribution in [0.2, 0.25) is 0 Å². The van der Waals surface area contributed by atoms with Crippen LogP contribution in [0.3, 0.4) is 0 Å². The van der Waals surface area contributed by atoms with Crippen LogP contribution >= 0.6 is 0 Å². The van der Waals surface area contributed by atoms with Gasteiger partial charge in [0, 0.05) is 29.0 Å². The number of phenolic OH excluding ortho intramolecular Hbond substituents is 1. The number of aliphatic hydroxyl groups is 4. The van der Waals surface area contributed by atoms with Gasteiger partial charge in [-0.05, 0) is 50.9 Å². The third kappa shape index (κ3) is 3.87. The predicted octanol–water partition coefficient (Wildman–Crippen LogP) is 1.56. The fourth-order valence-corrected chi connectivity index (χ4v) is 8.05. The van der Waals surface area contributed by atoms with Crippen LogP contribution in [0.25, 0.3) is 0 Å². The number of amides is 1. The number of fused-ring (bicyclic) bond motifs is 3. The molecule has 2 unspecified atom stereocenters. The van der Waals surface area contributed by atoms with Crippen molar-refractivity contribution in [3.63, 3.8) is 0 Å². The van der Waals surface area contributed by atoms with Gasteiger partial charge in [0.05, 0.1) is 17.8 Å². The molecule has 0 spiro atoms. The molecule has 5 rings (SSSR count). The van der Waals surface area contributed by atoms with Crippen LogP contribution in [0.4, 0.5) is 0 Å². The van der Waals surface area contributed by atoms with Gasteiger partial charge in [-0.25, -0.2) is 0 Å². The Balaban J connectivity index is 1.65. The second kappa shape index (κ2) is 9.94. The number of Topliss-reactive ketones (excluding diaryl/α,β-unsaturated/α-hetero) is 2. The fraction of sp³-hybridized carbons (Fsp3) is 0.633. The molecule has 4 aliphatic carbocycles. The van der Waals surface area contributed by atoms with E-state index in [1.54, 1.807) is 33.2 Å². The molecular formula is C30H40N2O8. The summed E-state index contributed by atoms with van der Waals surface area (Å²) in [4.78, 5) is 43.1. The van der Waals surface area contributed by atoms with Crippen LogP contribution in [0.1, 0.15) is 74.2 Å². The molecule has 0 aromatic heterocycles. The van der Waals surface area contributed by atoms with Gasteiger partial charge in [-0.1, -0.05) is 45.2 Å². The number of carbonyl (C=O) groups excluding carboxylic acids is 3. The average molecular weight is 557 g/mol. The Morgan fingerprint density at radius 2 is 1.73 bits per heavy atom. The van der Waals surface area contributed by atoms with Crippen molar-refractivity contribution < 1.29 is 39.9 Å². The molecule has 10 nitrogen and oxygen atoms in total. The van der Waals surface area contributed by atoms with E-state index in [1.165, 1.54) is 11.0 Å². The molecule has 6 N–H and O–H groups in total. The van der Waals surface area contributed by atoms with Gasteiger partial charge in [0.25, 0.3) is 0 Å². The molecule has 1 aromatic carbocycles. The van der Waals surface area contributed by atoms with Gasteiger partial charge in [0.15, 0.2) is 17.2 Å². The molecule has 0 saturated heterocycles. The molecule has 10 heteroatoms. The zero-order valence-corrected chi connectivity index (χ0v) is 23.4. The summed E-state index contributed by atoms with van der Waals surface area (Å²) >= 11 is 0. The van der Waals surface area contributed by atoms with E-state index in [1.807, 2.05) is 6.92 Å². The molecule has 1 amide bonds. The maximum Gasteiger partial charge on any atom is 0.233 e. The maximum atomic E-state index is 14.1. The van der Waals surface area contributed by atoms with Crippen molar-refractivity contribution in [2.75, 3.05) is 14.1 Å². The predicted molar refractivity (Wildman–Crippen MR) is 145 cm³/mol. The minimum atomic E-state index is -2.81. The zero-order chi connectivity index (χ0) is 29.3. The Hall–Kier alpha value is -2.79. The highest BCUT2D eigenvalue weighted by Crippen LogP contribution is 2.55. The fourth-order valence-electron chi connectivity index (χ4n) is 8.05. The first-order valence-electron chi connectivity index (χ1n) is 14.2. The molecule has 2 fully saturated rings. The molecule has 4 aliphatic rings. The SMILES string of the molecule is CCC1(NC(=O)C2C(=O)[C@@]3(O)C(O)=C4C(=O)c5c(O)cccc5[C@H](C)[C@H]4[C@H](O)[C@H]3[C@H](N(C)C)C2O)CCCCC1. The number of ketones is 2. The van der Waals surface area contributed by atoms with Gasteiger partial charge in [-0.15, -0.1) is 0 Å². The molecule has 0 bridgehead atoms. The van der Waals surface area contributed by atoms with Gasteiger partial charge in [0.1, 0.15) is 17.4 Å². The third-order valence-corrected chi connectivity index (χ3v) is 10.2. The minimum Gasteiger partial charge on any atom is -0.508 e. The summed E-state index contributed by atoms with van der Waals surface area (Å²) in [7, 11) is 3.19. The molecule has 218 valence electrons. The van der Waals surface area contributed by atoms with Gasteiger partial charge in [0.2, 0.25) is 5.91 Å². The summed E-state index contributed by atoms with van der Waals surface area (Å²) in [6, 6.07) is 3.44. The topological polar surface area (TPSA) is 168 Å². The van der Waals surface area contributed by atoms with E-state index in [9.17, 15) is 39.9 Å². The molecular weight excluding hydrogens is 516 g/mol. The van der Waals surface area contributed by atoms with Gasteiger partial charge in [-0.2, -0.15) is 0 Å². The van der Waals surface area contributed by atoms with Crippen LogP contribution in [-0.2, 0) is 9.59 Å². The molecule has 0 aliphatic heterocycles. The number of carbonyl (C=O) groups is 3. The Bertz CT molecular complexity index is 1270. The van der Waals surface area contributed by atoms with E-state index < -0.39 is 76.3 Å². The molecule has 8 atom stereocenters. The van der Waals surface area contributed by atoms with E-state index in [0.29, 0.717) is 12.0 Å². The van der Waals surface area contributed by atoms with Crippen molar-refractivity contribution in [2.45, 2.75) is 87.7 Å². The van der Waals surface area contributed by atoms with Crippen molar-refractivity contribution in [1.82, 2.24) is 10.2 Å². The largest absolute Gasteiger partial charge is 0.508 e. The molecule has 2 saturated carbocycles. The monoisotopic (exact) mass is 556 g/mol. The summed E-state index contributed by atoms with van der Waals surface area (Å²) in [5.74, 6) is -8.74. The second-order valence-electron chi connectivity index (χ2n) is 12.4. The third-order valence-electron chi connectivity index (χ3n) is 10.2. The molecule has 1 aromatic rings. The van der Waals surface area contributed by atoms with Gasteiger partial charge < -0.3 is 35.7 Å². The van der Waals surface area contributed by atoms with Crippen molar-refractivity contribution >= 4 is 17.5 Å². The summed E-state index contributed by atoms with van der Waals surface area (Å²) in [6.07, 6.45) is 1.81. The number of aliphatic hydroxyl groups excluding tert-OH is 3. The minimum absolute atomic E-state index is 0.0639. The highest BCUT2D eigenvalue weighted by Gasteiger charge is 2.69. The van der Waals surface area contributed by atoms with Crippen LogP contribution in [-0.4, -0.2) is 91.4 Å². The molecule has 0 radical (unpaired) electrons. The van der Waals surface area contributed by atoms with Gasteiger partial charge in [-0.3, -0.25) is 14.4 Å². The Morgan fingerprint density at radius 3 is 2.33 bits per heavy atom. The lowest BCUT2D eigenvalue weighted by molar-refractivity contribution is -0.195. The summed E-state index contributed by atoms with van der Waals surface area (Å²) < 4.78 is 0. The highest BCUT2D eigenvalue weighted by atomic mass is 16.4. The number of phenols is 1. The number of benzene rings is 1. The Labute approximate surface area is 233 Å². The van der Waals surface area contributed by atoms with Crippen molar-refractivity contribution in [3.8, 4) is 5.75 Å². The number of nitrogens with zero attached hydrogens (tertiary/aromatic N) is 1. The summed E-state index contributed by atoms with van der Waals surface area (Å²) in [5.41, 5.74) is -3.31. The van der Waals surface area contributed by atoms with Crippen molar-refractivity contribution in [2.24, 2.45) is 17.8 Å². The van der Waals surface area contributed by atoms with E-state index in [4.69, 9.17) is 0 Å². The smallest absolute Gasteiger partial charge is 0.233 e. The number of likely N-dealkylation sites (N-methyl/N-ethyl adjacent to an activating group) is 1. The average Bonchev–Trinajstić information content (AvgIpc) is 2.91. The summed E-state index contributed by atoms with van der Waals surface area (Å²) in [6.45, 7) is 3.68. The number of hydrogen-bond acceptors (Lipinski definition) is 9. The first-order valence-corrected chi connectivity index (χ1v) is 14.2. The van der Waals surface area contributed by atoms with E-state index in [-0.39, 0.29) is 16.9 Å². The number of aromatic hydroxyl groups is 1. The van der Waals surface area contributed by atoms with Crippen molar-refractivity contribution in [3.05, 3.63) is 40.7 Å². The second-order valence-corrected chi connectivity index (χ2v) is 12.4. The highest BCUT2D eigenvalue weighted by molar-refractivity contribution is 6.16. The van der Waals surface area contributed by atoms with E-state index >= 15 is 0 Å². The lowest BCUT2D eigenvalue weighted by Gasteiger charge is -2.56. The summed E-state index contributed by atoms with van der Waals surface area (Å²) in [5, 5.41) is 60.5. The zero-order valence-electron chi connectivity index (χ0n) is 23.4.